The summed E-state index contributed by atoms with van der Waals surface area (Å²) in [5, 5.41) is 11.0. The molecule has 1 saturated carbocycles. The summed E-state index contributed by atoms with van der Waals surface area (Å²) in [5.74, 6) is -0.151. The van der Waals surface area contributed by atoms with Crippen LogP contribution in [0, 0.1) is 5.92 Å². The molecular weight excluding hydrogens is 276 g/mol. The molecule has 1 fully saturated rings. The van der Waals surface area contributed by atoms with Crippen LogP contribution in [-0.4, -0.2) is 11.1 Å². The molecule has 0 aromatic carbocycles. The predicted octanol–water partition coefficient (Wildman–Crippen LogP) is 3.87. The molecule has 1 heterocycles. The van der Waals surface area contributed by atoms with Gasteiger partial charge in [-0.1, -0.05) is 0 Å². The monoisotopic (exact) mass is 288 g/mol. The Balaban J connectivity index is 1.96. The van der Waals surface area contributed by atoms with E-state index in [2.05, 4.69) is 27.4 Å². The Morgan fingerprint density at radius 3 is 2.53 bits per heavy atom. The minimum absolute atomic E-state index is 0.107. The van der Waals surface area contributed by atoms with Crippen molar-refractivity contribution < 1.29 is 9.90 Å². The summed E-state index contributed by atoms with van der Waals surface area (Å²) in [5.41, 5.74) is 0. The van der Waals surface area contributed by atoms with E-state index in [9.17, 15) is 4.79 Å². The zero-order valence-corrected chi connectivity index (χ0v) is 10.7. The third kappa shape index (κ3) is 2.61. The molecule has 2 nitrogen and oxygen atoms in total. The summed E-state index contributed by atoms with van der Waals surface area (Å²) < 4.78 is 1.14. The molecule has 0 amide bonds. The highest BCUT2D eigenvalue weighted by atomic mass is 79.9. The molecule has 0 radical (unpaired) electrons. The molecule has 0 unspecified atom stereocenters. The lowest BCUT2D eigenvalue weighted by atomic mass is 9.81. The van der Waals surface area contributed by atoms with Crippen molar-refractivity contribution in [3.8, 4) is 0 Å². The summed E-state index contributed by atoms with van der Waals surface area (Å²) in [6.45, 7) is 0. The van der Waals surface area contributed by atoms with E-state index < -0.39 is 5.97 Å². The average molecular weight is 289 g/mol. The van der Waals surface area contributed by atoms with Crippen LogP contribution < -0.4 is 0 Å². The topological polar surface area (TPSA) is 37.3 Å². The van der Waals surface area contributed by atoms with E-state index in [0.29, 0.717) is 5.92 Å². The van der Waals surface area contributed by atoms with Crippen LogP contribution >= 0.6 is 27.3 Å². The maximum atomic E-state index is 10.8. The molecule has 1 aliphatic carbocycles. The van der Waals surface area contributed by atoms with Crippen molar-refractivity contribution in [3.63, 3.8) is 0 Å². The maximum Gasteiger partial charge on any atom is 0.306 e. The van der Waals surface area contributed by atoms with Gasteiger partial charge in [0.1, 0.15) is 0 Å². The van der Waals surface area contributed by atoms with Gasteiger partial charge in [0.15, 0.2) is 0 Å². The molecule has 2 rings (SSSR count). The van der Waals surface area contributed by atoms with Crippen LogP contribution in [0.1, 0.15) is 36.5 Å². The highest BCUT2D eigenvalue weighted by Crippen LogP contribution is 2.39. The van der Waals surface area contributed by atoms with Crippen molar-refractivity contribution >= 4 is 33.2 Å². The first-order valence-electron chi connectivity index (χ1n) is 5.13. The second-order valence-electron chi connectivity index (χ2n) is 4.05. The van der Waals surface area contributed by atoms with Gasteiger partial charge in [-0.25, -0.2) is 0 Å². The van der Waals surface area contributed by atoms with Gasteiger partial charge in [0.2, 0.25) is 0 Å². The molecule has 1 aromatic rings. The molecule has 1 aliphatic rings. The lowest BCUT2D eigenvalue weighted by Gasteiger charge is -2.25. The second-order valence-corrected chi connectivity index (χ2v) is 5.91. The lowest BCUT2D eigenvalue weighted by Crippen LogP contribution is -2.20. The van der Waals surface area contributed by atoms with Gasteiger partial charge in [0, 0.05) is 14.7 Å². The summed E-state index contributed by atoms with van der Waals surface area (Å²) in [6.07, 6.45) is 3.69. The largest absolute Gasteiger partial charge is 0.481 e. The Morgan fingerprint density at radius 2 is 2.07 bits per heavy atom. The normalized spacial score (nSPS) is 26.5. The molecule has 0 bridgehead atoms. The first kappa shape index (κ1) is 11.1. The molecule has 15 heavy (non-hydrogen) atoms. The Hall–Kier alpha value is -0.350. The van der Waals surface area contributed by atoms with Gasteiger partial charge in [-0.15, -0.1) is 11.3 Å². The van der Waals surface area contributed by atoms with Crippen LogP contribution in [0.3, 0.4) is 0 Å². The van der Waals surface area contributed by atoms with Crippen LogP contribution in [0.4, 0.5) is 0 Å². The SMILES string of the molecule is O=C(O)C1CCC(c2cc(Br)cs2)CC1. The molecular formula is C11H13BrO2S. The van der Waals surface area contributed by atoms with Crippen LogP contribution in [0.15, 0.2) is 15.9 Å². The van der Waals surface area contributed by atoms with Crippen molar-refractivity contribution in [2.24, 2.45) is 5.92 Å². The first-order valence-corrected chi connectivity index (χ1v) is 6.81. The number of hydrogen-bond donors (Lipinski definition) is 1. The summed E-state index contributed by atoms with van der Waals surface area (Å²) in [6, 6.07) is 2.16. The lowest BCUT2D eigenvalue weighted by molar-refractivity contribution is -0.142. The molecule has 1 N–H and O–H groups in total. The number of aliphatic carboxylic acids is 1. The van der Waals surface area contributed by atoms with Gasteiger partial charge in [-0.05, 0) is 53.6 Å². The van der Waals surface area contributed by atoms with E-state index in [1.807, 2.05) is 0 Å². The van der Waals surface area contributed by atoms with Gasteiger partial charge in [0.05, 0.1) is 5.92 Å². The van der Waals surface area contributed by atoms with Gasteiger partial charge < -0.3 is 5.11 Å². The van der Waals surface area contributed by atoms with E-state index in [1.165, 1.54) is 4.88 Å². The zero-order valence-electron chi connectivity index (χ0n) is 8.28. The number of carboxylic acids is 1. The number of hydrogen-bond acceptors (Lipinski definition) is 2. The minimum atomic E-state index is -0.624. The average Bonchev–Trinajstić information content (AvgIpc) is 2.65. The van der Waals surface area contributed by atoms with Crippen LogP contribution in [0.2, 0.25) is 0 Å². The Labute approximate surface area is 101 Å². The van der Waals surface area contributed by atoms with E-state index in [-0.39, 0.29) is 5.92 Å². The summed E-state index contributed by atoms with van der Waals surface area (Å²) in [7, 11) is 0. The van der Waals surface area contributed by atoms with Gasteiger partial charge in [-0.2, -0.15) is 0 Å². The Kier molecular flexibility index (Phi) is 3.46. The van der Waals surface area contributed by atoms with E-state index in [0.717, 1.165) is 30.2 Å². The Bertz CT molecular complexity index is 353. The van der Waals surface area contributed by atoms with Crippen LogP contribution in [-0.2, 0) is 4.79 Å². The third-order valence-electron chi connectivity index (χ3n) is 3.07. The highest BCUT2D eigenvalue weighted by Gasteiger charge is 2.27. The van der Waals surface area contributed by atoms with E-state index in [1.54, 1.807) is 11.3 Å². The fourth-order valence-corrected chi connectivity index (χ4v) is 3.79. The van der Waals surface area contributed by atoms with Crippen molar-refractivity contribution in [3.05, 3.63) is 20.8 Å². The van der Waals surface area contributed by atoms with Crippen molar-refractivity contribution in [2.75, 3.05) is 0 Å². The summed E-state index contributed by atoms with van der Waals surface area (Å²) in [4.78, 5) is 12.2. The van der Waals surface area contributed by atoms with Crippen LogP contribution in [0.5, 0.6) is 0 Å². The van der Waals surface area contributed by atoms with Crippen molar-refractivity contribution in [2.45, 2.75) is 31.6 Å². The summed E-state index contributed by atoms with van der Waals surface area (Å²) >= 11 is 5.22. The highest BCUT2D eigenvalue weighted by molar-refractivity contribution is 9.10. The van der Waals surface area contributed by atoms with E-state index in [4.69, 9.17) is 5.11 Å². The molecule has 0 aliphatic heterocycles. The second kappa shape index (κ2) is 4.66. The zero-order chi connectivity index (χ0) is 10.8. The number of carboxylic acid groups (broad SMARTS) is 1. The molecule has 82 valence electrons. The smallest absolute Gasteiger partial charge is 0.306 e. The quantitative estimate of drug-likeness (QED) is 0.897. The minimum Gasteiger partial charge on any atom is -0.481 e. The Morgan fingerprint density at radius 1 is 1.40 bits per heavy atom. The first-order chi connectivity index (χ1) is 7.16. The van der Waals surface area contributed by atoms with Gasteiger partial charge in [-0.3, -0.25) is 4.79 Å². The number of rotatable bonds is 2. The molecule has 0 spiro atoms. The third-order valence-corrected chi connectivity index (χ3v) is 4.92. The molecule has 1 aromatic heterocycles. The number of thiophene rings is 1. The van der Waals surface area contributed by atoms with Crippen LogP contribution in [0.25, 0.3) is 0 Å². The predicted molar refractivity (Wildman–Crippen MR) is 64.4 cm³/mol. The van der Waals surface area contributed by atoms with Crippen molar-refractivity contribution in [1.82, 2.24) is 0 Å². The fourth-order valence-electron chi connectivity index (χ4n) is 2.17. The standard InChI is InChI=1S/C11H13BrO2S/c12-9-5-10(15-6-9)7-1-3-8(4-2-7)11(13)14/h5-8H,1-4H2,(H,13,14). The maximum absolute atomic E-state index is 10.8. The number of carbonyl (C=O) groups is 1. The number of halogens is 1. The fraction of sp³-hybridized carbons (Fsp3) is 0.545. The van der Waals surface area contributed by atoms with Gasteiger partial charge in [0.25, 0.3) is 0 Å². The molecule has 0 saturated heterocycles. The van der Waals surface area contributed by atoms with E-state index >= 15 is 0 Å². The molecule has 4 heteroatoms. The molecule has 0 atom stereocenters. The van der Waals surface area contributed by atoms with Crippen molar-refractivity contribution in [1.29, 1.82) is 0 Å². The van der Waals surface area contributed by atoms with Gasteiger partial charge >= 0.3 is 5.97 Å².